The molecule has 114 valence electrons. The van der Waals surface area contributed by atoms with Crippen LogP contribution in [0.15, 0.2) is 0 Å². The van der Waals surface area contributed by atoms with Crippen LogP contribution in [0.3, 0.4) is 0 Å². The number of unbranched alkanes of at least 4 members (excludes halogenated alkanes) is 2. The molecule has 0 aromatic rings. The van der Waals surface area contributed by atoms with Gasteiger partial charge in [-0.15, -0.1) is 0 Å². The summed E-state index contributed by atoms with van der Waals surface area (Å²) in [5.74, 6) is 0.0932. The lowest BCUT2D eigenvalue weighted by Gasteiger charge is -2.26. The number of aliphatic hydroxyl groups excluding tert-OH is 1. The third-order valence-corrected chi connectivity index (χ3v) is 3.33. The molecule has 0 bridgehead atoms. The third kappa shape index (κ3) is 9.91. The number of carbonyl (C=O) groups is 1. The zero-order chi connectivity index (χ0) is 14.7. The van der Waals surface area contributed by atoms with Crippen molar-refractivity contribution in [3.8, 4) is 0 Å². The maximum absolute atomic E-state index is 11.9. The highest BCUT2D eigenvalue weighted by molar-refractivity contribution is 5.78. The average Bonchev–Trinajstić information content (AvgIpc) is 2.34. The highest BCUT2D eigenvalue weighted by atomic mass is 16.3. The maximum Gasteiger partial charge on any atom is 0.234 e. The lowest BCUT2D eigenvalue weighted by Crippen LogP contribution is -2.44. The molecule has 4 heteroatoms. The van der Waals surface area contributed by atoms with Gasteiger partial charge in [0.2, 0.25) is 5.91 Å². The number of nitrogens with zero attached hydrogens (tertiary/aromatic N) is 1. The summed E-state index contributed by atoms with van der Waals surface area (Å²) in [6.45, 7) is 9.79. The van der Waals surface area contributed by atoms with Gasteiger partial charge in [-0.2, -0.15) is 0 Å². The topological polar surface area (TPSA) is 52.6 Å². The second-order valence-electron chi connectivity index (χ2n) is 5.61. The van der Waals surface area contributed by atoms with E-state index in [1.165, 1.54) is 19.3 Å². The standard InChI is InChI=1S/C15H32N2O2/c1-5-6-7-9-14(4)16-15(19)12-17(13(2)3)10-8-11-18/h13-14,18H,5-12H2,1-4H3,(H,16,19). The van der Waals surface area contributed by atoms with E-state index in [4.69, 9.17) is 5.11 Å². The summed E-state index contributed by atoms with van der Waals surface area (Å²) in [5.41, 5.74) is 0. The molecule has 0 spiro atoms. The van der Waals surface area contributed by atoms with Crippen LogP contribution in [0, 0.1) is 0 Å². The van der Waals surface area contributed by atoms with Gasteiger partial charge in [-0.1, -0.05) is 26.2 Å². The molecule has 1 atom stereocenters. The Balaban J connectivity index is 3.97. The van der Waals surface area contributed by atoms with Gasteiger partial charge in [-0.05, 0) is 33.6 Å². The summed E-state index contributed by atoms with van der Waals surface area (Å²) in [6, 6.07) is 0.582. The molecule has 0 aliphatic rings. The Bertz CT molecular complexity index is 232. The predicted octanol–water partition coefficient (Wildman–Crippen LogP) is 2.16. The molecule has 0 aromatic heterocycles. The molecule has 0 saturated heterocycles. The summed E-state index contributed by atoms with van der Waals surface area (Å²) in [4.78, 5) is 14.1. The number of rotatable bonds is 11. The van der Waals surface area contributed by atoms with E-state index in [2.05, 4.69) is 37.9 Å². The van der Waals surface area contributed by atoms with Crippen molar-refractivity contribution < 1.29 is 9.90 Å². The van der Waals surface area contributed by atoms with Gasteiger partial charge in [0.15, 0.2) is 0 Å². The molecule has 1 unspecified atom stereocenters. The van der Waals surface area contributed by atoms with Gasteiger partial charge in [0.05, 0.1) is 6.54 Å². The molecule has 0 heterocycles. The number of carbonyl (C=O) groups excluding carboxylic acids is 1. The fourth-order valence-electron chi connectivity index (χ4n) is 2.07. The van der Waals surface area contributed by atoms with E-state index < -0.39 is 0 Å². The number of nitrogens with one attached hydrogen (secondary N) is 1. The molecule has 1 amide bonds. The van der Waals surface area contributed by atoms with Crippen LogP contribution in [0.1, 0.15) is 59.8 Å². The van der Waals surface area contributed by atoms with Crippen molar-refractivity contribution in [3.05, 3.63) is 0 Å². The molecule has 4 nitrogen and oxygen atoms in total. The van der Waals surface area contributed by atoms with Gasteiger partial charge in [-0.3, -0.25) is 9.69 Å². The predicted molar refractivity (Wildman–Crippen MR) is 80.2 cm³/mol. The highest BCUT2D eigenvalue weighted by Gasteiger charge is 2.14. The normalized spacial score (nSPS) is 13.0. The van der Waals surface area contributed by atoms with Gasteiger partial charge in [0.1, 0.15) is 0 Å². The van der Waals surface area contributed by atoms with E-state index in [1.54, 1.807) is 0 Å². The lowest BCUT2D eigenvalue weighted by molar-refractivity contribution is -0.123. The average molecular weight is 272 g/mol. The van der Waals surface area contributed by atoms with Crippen LogP contribution in [-0.2, 0) is 4.79 Å². The van der Waals surface area contributed by atoms with Gasteiger partial charge in [0.25, 0.3) is 0 Å². The molecule has 2 N–H and O–H groups in total. The van der Waals surface area contributed by atoms with Crippen molar-refractivity contribution >= 4 is 5.91 Å². The number of hydrogen-bond acceptors (Lipinski definition) is 3. The smallest absolute Gasteiger partial charge is 0.234 e. The van der Waals surface area contributed by atoms with Crippen molar-refractivity contribution in [1.82, 2.24) is 10.2 Å². The van der Waals surface area contributed by atoms with Gasteiger partial charge < -0.3 is 10.4 Å². The molecular weight excluding hydrogens is 240 g/mol. The van der Waals surface area contributed by atoms with Crippen LogP contribution in [-0.4, -0.2) is 47.7 Å². The fourth-order valence-corrected chi connectivity index (χ4v) is 2.07. The molecule has 0 saturated carbocycles. The Morgan fingerprint density at radius 1 is 1.21 bits per heavy atom. The minimum Gasteiger partial charge on any atom is -0.396 e. The second-order valence-corrected chi connectivity index (χ2v) is 5.61. The molecule has 0 aliphatic heterocycles. The van der Waals surface area contributed by atoms with Crippen LogP contribution in [0.5, 0.6) is 0 Å². The van der Waals surface area contributed by atoms with E-state index in [9.17, 15) is 4.79 Å². The number of amides is 1. The summed E-state index contributed by atoms with van der Waals surface area (Å²) in [6.07, 6.45) is 5.39. The summed E-state index contributed by atoms with van der Waals surface area (Å²) in [7, 11) is 0. The first kappa shape index (κ1) is 18.4. The van der Waals surface area contributed by atoms with Crippen molar-refractivity contribution in [2.24, 2.45) is 0 Å². The Morgan fingerprint density at radius 2 is 1.89 bits per heavy atom. The van der Waals surface area contributed by atoms with Crippen LogP contribution in [0.25, 0.3) is 0 Å². The molecule has 0 rings (SSSR count). The number of hydrogen-bond donors (Lipinski definition) is 2. The van der Waals surface area contributed by atoms with Crippen molar-refractivity contribution in [1.29, 1.82) is 0 Å². The lowest BCUT2D eigenvalue weighted by atomic mass is 10.1. The van der Waals surface area contributed by atoms with E-state index in [0.29, 0.717) is 12.6 Å². The summed E-state index contributed by atoms with van der Waals surface area (Å²) in [5, 5.41) is 11.9. The van der Waals surface area contributed by atoms with Gasteiger partial charge >= 0.3 is 0 Å². The second kappa shape index (κ2) is 11.2. The first-order valence-corrected chi connectivity index (χ1v) is 7.65. The zero-order valence-electron chi connectivity index (χ0n) is 13.1. The van der Waals surface area contributed by atoms with Crippen molar-refractivity contribution in [3.63, 3.8) is 0 Å². The van der Waals surface area contributed by atoms with E-state index >= 15 is 0 Å². The first-order valence-electron chi connectivity index (χ1n) is 7.65. The van der Waals surface area contributed by atoms with E-state index in [0.717, 1.165) is 19.4 Å². The van der Waals surface area contributed by atoms with Crippen LogP contribution in [0.4, 0.5) is 0 Å². The monoisotopic (exact) mass is 272 g/mol. The highest BCUT2D eigenvalue weighted by Crippen LogP contribution is 2.04. The van der Waals surface area contributed by atoms with Gasteiger partial charge in [-0.25, -0.2) is 0 Å². The molecule has 0 aliphatic carbocycles. The summed E-state index contributed by atoms with van der Waals surface area (Å²) < 4.78 is 0. The van der Waals surface area contributed by atoms with Crippen LogP contribution >= 0.6 is 0 Å². The quantitative estimate of drug-likeness (QED) is 0.567. The maximum atomic E-state index is 11.9. The minimum atomic E-state index is 0.0932. The third-order valence-electron chi connectivity index (χ3n) is 3.33. The molecular formula is C15H32N2O2. The van der Waals surface area contributed by atoms with Gasteiger partial charge in [0, 0.05) is 25.2 Å². The van der Waals surface area contributed by atoms with E-state index in [1.807, 2.05) is 0 Å². The zero-order valence-corrected chi connectivity index (χ0v) is 13.1. The Hall–Kier alpha value is -0.610. The molecule has 0 radical (unpaired) electrons. The van der Waals surface area contributed by atoms with E-state index in [-0.39, 0.29) is 18.6 Å². The Morgan fingerprint density at radius 3 is 2.42 bits per heavy atom. The SMILES string of the molecule is CCCCCC(C)NC(=O)CN(CCCO)C(C)C. The summed E-state index contributed by atoms with van der Waals surface area (Å²) >= 11 is 0. The van der Waals surface area contributed by atoms with Crippen LogP contribution < -0.4 is 5.32 Å². The largest absolute Gasteiger partial charge is 0.396 e. The molecule has 19 heavy (non-hydrogen) atoms. The van der Waals surface area contributed by atoms with Crippen molar-refractivity contribution in [2.75, 3.05) is 19.7 Å². The molecule has 0 aromatic carbocycles. The first-order chi connectivity index (χ1) is 9.01. The minimum absolute atomic E-state index is 0.0932. The van der Waals surface area contributed by atoms with Crippen LogP contribution in [0.2, 0.25) is 0 Å². The Kier molecular flexibility index (Phi) is 10.9. The Labute approximate surface area is 118 Å². The van der Waals surface area contributed by atoms with Crippen molar-refractivity contribution in [2.45, 2.75) is 71.9 Å². The number of aliphatic hydroxyl groups is 1. The molecule has 0 fully saturated rings. The fraction of sp³-hybridized carbons (Fsp3) is 0.933.